The summed E-state index contributed by atoms with van der Waals surface area (Å²) in [4.78, 5) is 14.0. The zero-order valence-electron chi connectivity index (χ0n) is 16.1. The van der Waals surface area contributed by atoms with Gasteiger partial charge in [-0.25, -0.2) is 4.79 Å². The molecule has 0 aromatic heterocycles. The fourth-order valence-electron chi connectivity index (χ4n) is 3.99. The van der Waals surface area contributed by atoms with Gasteiger partial charge in [-0.05, 0) is 49.0 Å². The number of carbonyl (C=O) groups excluding carboxylic acids is 1. The third-order valence-corrected chi connectivity index (χ3v) is 5.92. The first-order valence-corrected chi connectivity index (χ1v) is 10.2. The van der Waals surface area contributed by atoms with Crippen LogP contribution < -0.4 is 0 Å². The Morgan fingerprint density at radius 1 is 0.962 bits per heavy atom. The van der Waals surface area contributed by atoms with Crippen LogP contribution in [0.5, 0.6) is 0 Å². The largest absolute Gasteiger partial charge is 0.445 e. The van der Waals surface area contributed by atoms with Gasteiger partial charge in [0.05, 0.1) is 0 Å². The van der Waals surface area contributed by atoms with Crippen LogP contribution in [0.3, 0.4) is 0 Å². The molecule has 26 heavy (non-hydrogen) atoms. The number of hydrogen-bond donors (Lipinski definition) is 0. The molecule has 1 aliphatic heterocycles. The molecule has 2 fully saturated rings. The molecule has 1 amide bonds. The van der Waals surface area contributed by atoms with Crippen LogP contribution >= 0.6 is 0 Å². The number of ether oxygens (including phenoxy) is 2. The van der Waals surface area contributed by atoms with E-state index in [0.29, 0.717) is 12.5 Å². The molecule has 2 aliphatic rings. The van der Waals surface area contributed by atoms with Crippen molar-refractivity contribution in [1.82, 2.24) is 4.90 Å². The lowest BCUT2D eigenvalue weighted by atomic mass is 9.83. The van der Waals surface area contributed by atoms with Crippen LogP contribution in [0.1, 0.15) is 51.0 Å². The van der Waals surface area contributed by atoms with Gasteiger partial charge in [0.2, 0.25) is 0 Å². The normalized spacial score (nSPS) is 24.4. The van der Waals surface area contributed by atoms with Gasteiger partial charge < -0.3 is 14.4 Å². The van der Waals surface area contributed by atoms with Gasteiger partial charge in [-0.3, -0.25) is 0 Å². The summed E-state index contributed by atoms with van der Waals surface area (Å²) in [6, 6.07) is 9.84. The van der Waals surface area contributed by atoms with Crippen molar-refractivity contribution >= 4 is 6.09 Å². The third kappa shape index (κ3) is 6.01. The van der Waals surface area contributed by atoms with Crippen LogP contribution in [0.25, 0.3) is 0 Å². The first-order valence-electron chi connectivity index (χ1n) is 10.2. The Morgan fingerprint density at radius 2 is 1.58 bits per heavy atom. The van der Waals surface area contributed by atoms with E-state index in [1.165, 1.54) is 25.7 Å². The summed E-state index contributed by atoms with van der Waals surface area (Å²) in [5, 5.41) is 0. The number of likely N-dealkylation sites (tertiary alicyclic amines) is 1. The Balaban J connectivity index is 1.28. The highest BCUT2D eigenvalue weighted by Crippen LogP contribution is 2.28. The lowest BCUT2D eigenvalue weighted by Crippen LogP contribution is -2.39. The maximum Gasteiger partial charge on any atom is 0.410 e. The maximum atomic E-state index is 12.2. The molecule has 1 saturated carbocycles. The van der Waals surface area contributed by atoms with Gasteiger partial charge in [-0.2, -0.15) is 0 Å². The summed E-state index contributed by atoms with van der Waals surface area (Å²) < 4.78 is 11.4. The molecule has 0 unspecified atom stereocenters. The molecule has 0 atom stereocenters. The summed E-state index contributed by atoms with van der Waals surface area (Å²) >= 11 is 0. The smallest absolute Gasteiger partial charge is 0.410 e. The quantitative estimate of drug-likeness (QED) is 0.727. The number of rotatable bonds is 6. The summed E-state index contributed by atoms with van der Waals surface area (Å²) in [5.41, 5.74) is 1.03. The zero-order chi connectivity index (χ0) is 18.2. The molecule has 1 aromatic rings. The van der Waals surface area contributed by atoms with E-state index < -0.39 is 0 Å². The maximum absolute atomic E-state index is 12.2. The van der Waals surface area contributed by atoms with Crippen molar-refractivity contribution in [1.29, 1.82) is 0 Å². The van der Waals surface area contributed by atoms with Crippen LogP contribution in [-0.2, 0) is 16.1 Å². The van der Waals surface area contributed by atoms with Gasteiger partial charge in [-0.15, -0.1) is 0 Å². The highest BCUT2D eigenvalue weighted by molar-refractivity contribution is 5.67. The molecule has 1 aromatic carbocycles. The molecule has 0 spiro atoms. The van der Waals surface area contributed by atoms with Crippen molar-refractivity contribution in [3.8, 4) is 0 Å². The van der Waals surface area contributed by atoms with E-state index in [0.717, 1.165) is 56.5 Å². The van der Waals surface area contributed by atoms with E-state index in [-0.39, 0.29) is 6.09 Å². The van der Waals surface area contributed by atoms with Crippen LogP contribution in [0, 0.1) is 17.8 Å². The number of carbonyl (C=O) groups is 1. The predicted molar refractivity (Wildman–Crippen MR) is 103 cm³/mol. The Bertz CT molecular complexity index is 532. The minimum atomic E-state index is -0.190. The molecule has 1 saturated heterocycles. The summed E-state index contributed by atoms with van der Waals surface area (Å²) in [7, 11) is 0. The van der Waals surface area contributed by atoms with Crippen molar-refractivity contribution in [2.45, 2.75) is 52.1 Å². The highest BCUT2D eigenvalue weighted by atomic mass is 16.6. The predicted octanol–water partition coefficient (Wildman–Crippen LogP) is 4.88. The molecular weight excluding hydrogens is 326 g/mol. The summed E-state index contributed by atoms with van der Waals surface area (Å²) in [6.45, 7) is 6.04. The first-order chi connectivity index (χ1) is 12.7. The summed E-state index contributed by atoms with van der Waals surface area (Å²) in [6.07, 6.45) is 7.21. The number of nitrogens with zero attached hydrogens (tertiary/aromatic N) is 1. The second-order valence-electron chi connectivity index (χ2n) is 8.13. The van der Waals surface area contributed by atoms with E-state index in [9.17, 15) is 4.79 Å². The van der Waals surface area contributed by atoms with Crippen LogP contribution in [0.4, 0.5) is 4.79 Å². The minimum Gasteiger partial charge on any atom is -0.445 e. The minimum absolute atomic E-state index is 0.190. The first kappa shape index (κ1) is 19.2. The van der Waals surface area contributed by atoms with Crippen LogP contribution in [0.15, 0.2) is 30.3 Å². The van der Waals surface area contributed by atoms with Gasteiger partial charge in [0, 0.05) is 26.3 Å². The average molecular weight is 360 g/mol. The molecule has 1 heterocycles. The van der Waals surface area contributed by atoms with Gasteiger partial charge in [0.1, 0.15) is 6.61 Å². The fourth-order valence-corrected chi connectivity index (χ4v) is 3.99. The molecule has 4 nitrogen and oxygen atoms in total. The lowest BCUT2D eigenvalue weighted by Gasteiger charge is -2.32. The van der Waals surface area contributed by atoms with Crippen LogP contribution in [-0.4, -0.2) is 37.3 Å². The van der Waals surface area contributed by atoms with Crippen molar-refractivity contribution in [3.63, 3.8) is 0 Å². The van der Waals surface area contributed by atoms with Crippen molar-refractivity contribution in [2.24, 2.45) is 17.8 Å². The number of benzene rings is 1. The van der Waals surface area contributed by atoms with Gasteiger partial charge in [0.15, 0.2) is 0 Å². The van der Waals surface area contributed by atoms with Gasteiger partial charge >= 0.3 is 6.09 Å². The fraction of sp³-hybridized carbons (Fsp3) is 0.682. The van der Waals surface area contributed by atoms with Crippen molar-refractivity contribution < 1.29 is 14.3 Å². The number of hydrogen-bond acceptors (Lipinski definition) is 3. The molecule has 0 N–H and O–H groups in total. The Morgan fingerprint density at radius 3 is 2.23 bits per heavy atom. The van der Waals surface area contributed by atoms with E-state index in [2.05, 4.69) is 6.92 Å². The van der Waals surface area contributed by atoms with Crippen LogP contribution in [0.2, 0.25) is 0 Å². The standard InChI is InChI=1S/C22H33NO3/c1-18-7-9-20(10-8-18)15-25-16-21-11-13-23(14-12-21)22(24)26-17-19-5-3-2-4-6-19/h2-6,18,20-21H,7-17H2,1H3/t18-,20-. The van der Waals surface area contributed by atoms with Crippen molar-refractivity contribution in [3.05, 3.63) is 35.9 Å². The average Bonchev–Trinajstić information content (AvgIpc) is 2.69. The van der Waals surface area contributed by atoms with E-state index in [1.807, 2.05) is 35.2 Å². The highest BCUT2D eigenvalue weighted by Gasteiger charge is 2.24. The third-order valence-electron chi connectivity index (χ3n) is 5.92. The van der Waals surface area contributed by atoms with E-state index in [4.69, 9.17) is 9.47 Å². The SMILES string of the molecule is C[C@H]1CC[C@H](COCC2CCN(C(=O)OCc3ccccc3)CC2)CC1. The van der Waals surface area contributed by atoms with Gasteiger partial charge in [0.25, 0.3) is 0 Å². The number of amides is 1. The molecule has 3 rings (SSSR count). The molecule has 1 aliphatic carbocycles. The Labute approximate surface area is 157 Å². The molecular formula is C22H33NO3. The molecule has 0 radical (unpaired) electrons. The Hall–Kier alpha value is -1.55. The van der Waals surface area contributed by atoms with Crippen molar-refractivity contribution in [2.75, 3.05) is 26.3 Å². The van der Waals surface area contributed by atoms with E-state index >= 15 is 0 Å². The summed E-state index contributed by atoms with van der Waals surface area (Å²) in [5.74, 6) is 2.24. The molecule has 4 heteroatoms. The number of piperidine rings is 1. The molecule has 144 valence electrons. The topological polar surface area (TPSA) is 38.8 Å². The Kier molecular flexibility index (Phi) is 7.36. The second kappa shape index (κ2) is 9.96. The second-order valence-corrected chi connectivity index (χ2v) is 8.13. The van der Waals surface area contributed by atoms with E-state index in [1.54, 1.807) is 0 Å². The van der Waals surface area contributed by atoms with Gasteiger partial charge in [-0.1, -0.05) is 50.1 Å². The zero-order valence-corrected chi connectivity index (χ0v) is 16.1. The molecule has 0 bridgehead atoms. The monoisotopic (exact) mass is 359 g/mol. The lowest BCUT2D eigenvalue weighted by molar-refractivity contribution is 0.0322.